The highest BCUT2D eigenvalue weighted by atomic mass is 32.2. The number of hydrogen-bond donors (Lipinski definition) is 1. The van der Waals surface area contributed by atoms with Crippen molar-refractivity contribution in [3.8, 4) is 0 Å². The largest absolute Gasteiger partial charge is 0.472 e. The van der Waals surface area contributed by atoms with Gasteiger partial charge in [0.05, 0.1) is 18.6 Å². The summed E-state index contributed by atoms with van der Waals surface area (Å²) in [7, 11) is 2.12. The summed E-state index contributed by atoms with van der Waals surface area (Å²) in [6.45, 7) is 2.84. The van der Waals surface area contributed by atoms with Gasteiger partial charge in [0.1, 0.15) is 0 Å². The summed E-state index contributed by atoms with van der Waals surface area (Å²) >= 11 is 1.86. The van der Waals surface area contributed by atoms with Gasteiger partial charge in [-0.1, -0.05) is 0 Å². The van der Waals surface area contributed by atoms with Crippen molar-refractivity contribution in [2.24, 2.45) is 5.73 Å². The van der Waals surface area contributed by atoms with Crippen LogP contribution in [0.3, 0.4) is 0 Å². The number of thioether (sulfide) groups is 1. The van der Waals surface area contributed by atoms with Crippen LogP contribution in [0.15, 0.2) is 23.0 Å². The number of hydrogen-bond acceptors (Lipinski definition) is 4. The molecule has 3 nitrogen and oxygen atoms in total. The second-order valence-electron chi connectivity index (χ2n) is 3.78. The lowest BCUT2D eigenvalue weighted by Crippen LogP contribution is -2.38. The average molecular weight is 228 g/mol. The van der Waals surface area contributed by atoms with Crippen LogP contribution in [0.25, 0.3) is 0 Å². The Bertz CT molecular complexity index is 264. The molecule has 4 heteroatoms. The summed E-state index contributed by atoms with van der Waals surface area (Å²) in [5.41, 5.74) is 6.97. The first-order chi connectivity index (χ1) is 7.20. The van der Waals surface area contributed by atoms with Gasteiger partial charge in [-0.15, -0.1) is 0 Å². The maximum atomic E-state index is 5.81. The second-order valence-corrected chi connectivity index (χ2v) is 4.69. The van der Waals surface area contributed by atoms with Crippen molar-refractivity contribution in [3.63, 3.8) is 0 Å². The minimum atomic E-state index is 0.255. The van der Waals surface area contributed by atoms with Gasteiger partial charge in [0, 0.05) is 23.9 Å². The standard InChI is InChI=1S/C11H20N2OS/c1-9(8-15-3)13(2)11(6-12)10-4-5-14-7-10/h4-5,7,9,11H,6,8,12H2,1-3H3. The molecule has 1 aromatic rings. The Hall–Kier alpha value is -0.450. The van der Waals surface area contributed by atoms with Crippen molar-refractivity contribution in [2.75, 3.05) is 25.6 Å². The maximum Gasteiger partial charge on any atom is 0.0950 e. The number of nitrogens with zero attached hydrogens (tertiary/aromatic N) is 1. The molecule has 1 aromatic heterocycles. The van der Waals surface area contributed by atoms with Gasteiger partial charge in [-0.3, -0.25) is 4.90 Å². The summed E-state index contributed by atoms with van der Waals surface area (Å²) < 4.78 is 5.10. The minimum Gasteiger partial charge on any atom is -0.472 e. The normalized spacial score (nSPS) is 15.5. The van der Waals surface area contributed by atoms with Crippen LogP contribution in [0.2, 0.25) is 0 Å². The number of furan rings is 1. The maximum absolute atomic E-state index is 5.81. The van der Waals surface area contributed by atoms with E-state index in [-0.39, 0.29) is 6.04 Å². The van der Waals surface area contributed by atoms with Crippen molar-refractivity contribution >= 4 is 11.8 Å². The molecule has 0 aliphatic carbocycles. The third kappa shape index (κ3) is 3.26. The van der Waals surface area contributed by atoms with E-state index in [0.717, 1.165) is 11.3 Å². The molecule has 1 heterocycles. The smallest absolute Gasteiger partial charge is 0.0950 e. The molecule has 2 unspecified atom stereocenters. The van der Waals surface area contributed by atoms with Crippen LogP contribution >= 0.6 is 11.8 Å². The molecule has 0 saturated carbocycles. The SMILES string of the molecule is CSCC(C)N(C)C(CN)c1ccoc1. The summed E-state index contributed by atoms with van der Waals surface area (Å²) in [5, 5.41) is 0. The van der Waals surface area contributed by atoms with Crippen LogP contribution in [0, 0.1) is 0 Å². The lowest BCUT2D eigenvalue weighted by atomic mass is 10.1. The molecule has 86 valence electrons. The van der Waals surface area contributed by atoms with E-state index in [4.69, 9.17) is 10.2 Å². The van der Waals surface area contributed by atoms with E-state index in [1.54, 1.807) is 12.5 Å². The molecule has 0 fully saturated rings. The first-order valence-electron chi connectivity index (χ1n) is 5.13. The fourth-order valence-electron chi connectivity index (χ4n) is 1.67. The fraction of sp³-hybridized carbons (Fsp3) is 0.636. The molecule has 15 heavy (non-hydrogen) atoms. The molecule has 0 aliphatic heterocycles. The Kier molecular flexibility index (Phi) is 5.22. The minimum absolute atomic E-state index is 0.255. The Balaban J connectivity index is 2.66. The summed E-state index contributed by atoms with van der Waals surface area (Å²) in [5.74, 6) is 1.12. The molecular formula is C11H20N2OS. The van der Waals surface area contributed by atoms with Crippen molar-refractivity contribution < 1.29 is 4.42 Å². The second kappa shape index (κ2) is 6.20. The van der Waals surface area contributed by atoms with Gasteiger partial charge in [0.25, 0.3) is 0 Å². The van der Waals surface area contributed by atoms with Crippen LogP contribution in [0.5, 0.6) is 0 Å². The molecule has 0 amide bonds. The quantitative estimate of drug-likeness (QED) is 0.808. The fourth-order valence-corrected chi connectivity index (χ4v) is 2.39. The first kappa shape index (κ1) is 12.6. The number of rotatable bonds is 6. The van der Waals surface area contributed by atoms with Gasteiger partial charge < -0.3 is 10.2 Å². The molecule has 0 aliphatic rings. The molecule has 0 spiro atoms. The summed E-state index contributed by atoms with van der Waals surface area (Å²) in [4.78, 5) is 2.31. The predicted molar refractivity (Wildman–Crippen MR) is 66.1 cm³/mol. The van der Waals surface area contributed by atoms with E-state index in [2.05, 4.69) is 25.1 Å². The molecule has 0 saturated heterocycles. The van der Waals surface area contributed by atoms with Crippen LogP contribution in [0.1, 0.15) is 18.5 Å². The molecule has 0 bridgehead atoms. The number of likely N-dealkylation sites (N-methyl/N-ethyl adjacent to an activating group) is 1. The Morgan fingerprint density at radius 3 is 2.80 bits per heavy atom. The van der Waals surface area contributed by atoms with Gasteiger partial charge in [-0.25, -0.2) is 0 Å². The zero-order valence-corrected chi connectivity index (χ0v) is 10.5. The van der Waals surface area contributed by atoms with E-state index in [0.29, 0.717) is 12.6 Å². The topological polar surface area (TPSA) is 42.4 Å². The molecule has 0 radical (unpaired) electrons. The lowest BCUT2D eigenvalue weighted by molar-refractivity contribution is 0.203. The van der Waals surface area contributed by atoms with Crippen LogP contribution in [-0.2, 0) is 0 Å². The predicted octanol–water partition coefficient (Wildman–Crippen LogP) is 1.96. The third-order valence-electron chi connectivity index (χ3n) is 2.75. The zero-order chi connectivity index (χ0) is 11.3. The molecule has 2 N–H and O–H groups in total. The van der Waals surface area contributed by atoms with Crippen LogP contribution in [0.4, 0.5) is 0 Å². The van der Waals surface area contributed by atoms with Crippen molar-refractivity contribution in [1.29, 1.82) is 0 Å². The van der Waals surface area contributed by atoms with Gasteiger partial charge in [0.15, 0.2) is 0 Å². The molecule has 0 aromatic carbocycles. The van der Waals surface area contributed by atoms with Crippen LogP contribution < -0.4 is 5.73 Å². The highest BCUT2D eigenvalue weighted by Crippen LogP contribution is 2.21. The Labute approximate surface area is 96.0 Å². The highest BCUT2D eigenvalue weighted by molar-refractivity contribution is 7.98. The van der Waals surface area contributed by atoms with E-state index in [1.807, 2.05) is 17.8 Å². The first-order valence-corrected chi connectivity index (χ1v) is 6.53. The van der Waals surface area contributed by atoms with Crippen molar-refractivity contribution in [1.82, 2.24) is 4.90 Å². The molecule has 1 rings (SSSR count). The summed E-state index contributed by atoms with van der Waals surface area (Å²) in [6, 6.07) is 2.76. The molecule has 2 atom stereocenters. The van der Waals surface area contributed by atoms with E-state index in [9.17, 15) is 0 Å². The van der Waals surface area contributed by atoms with Gasteiger partial charge in [0.2, 0.25) is 0 Å². The van der Waals surface area contributed by atoms with E-state index >= 15 is 0 Å². The van der Waals surface area contributed by atoms with Crippen molar-refractivity contribution in [2.45, 2.75) is 19.0 Å². The average Bonchev–Trinajstić information content (AvgIpc) is 2.72. The van der Waals surface area contributed by atoms with E-state index in [1.165, 1.54) is 0 Å². The zero-order valence-electron chi connectivity index (χ0n) is 9.64. The lowest BCUT2D eigenvalue weighted by Gasteiger charge is -2.31. The third-order valence-corrected chi connectivity index (χ3v) is 3.56. The Morgan fingerprint density at radius 1 is 1.60 bits per heavy atom. The van der Waals surface area contributed by atoms with Crippen molar-refractivity contribution in [3.05, 3.63) is 24.2 Å². The van der Waals surface area contributed by atoms with Gasteiger partial charge in [-0.05, 0) is 26.3 Å². The molecular weight excluding hydrogens is 208 g/mol. The number of nitrogens with two attached hydrogens (primary N) is 1. The van der Waals surface area contributed by atoms with Gasteiger partial charge >= 0.3 is 0 Å². The van der Waals surface area contributed by atoms with E-state index < -0.39 is 0 Å². The highest BCUT2D eigenvalue weighted by Gasteiger charge is 2.20. The van der Waals surface area contributed by atoms with Crippen LogP contribution in [-0.4, -0.2) is 36.5 Å². The summed E-state index contributed by atoms with van der Waals surface area (Å²) in [6.07, 6.45) is 5.60. The Morgan fingerprint density at radius 2 is 2.33 bits per heavy atom. The van der Waals surface area contributed by atoms with Gasteiger partial charge in [-0.2, -0.15) is 11.8 Å². The monoisotopic (exact) mass is 228 g/mol.